The molecule has 1 aromatic carbocycles. The van der Waals surface area contributed by atoms with Gasteiger partial charge in [0.2, 0.25) is 0 Å². The summed E-state index contributed by atoms with van der Waals surface area (Å²) in [5.74, 6) is -0.242. The highest BCUT2D eigenvalue weighted by molar-refractivity contribution is 9.10. The van der Waals surface area contributed by atoms with Gasteiger partial charge in [-0.15, -0.1) is 0 Å². The standard InChI is InChI=1S/C11H13BrFNO/c12-8-1-7(2-9(13)3-8)6-15-11-4-10(14)5-11/h1-3,10-11H,4-6,14H2. The second-order valence-electron chi connectivity index (χ2n) is 3.94. The van der Waals surface area contributed by atoms with Crippen molar-refractivity contribution in [1.29, 1.82) is 0 Å². The van der Waals surface area contributed by atoms with Crippen LogP contribution < -0.4 is 5.73 Å². The summed E-state index contributed by atoms with van der Waals surface area (Å²) in [6.07, 6.45) is 2.08. The Labute approximate surface area is 96.7 Å². The van der Waals surface area contributed by atoms with E-state index in [0.717, 1.165) is 22.9 Å². The molecule has 15 heavy (non-hydrogen) atoms. The summed E-state index contributed by atoms with van der Waals surface area (Å²) in [6.45, 7) is 0.452. The molecule has 0 atom stereocenters. The molecular formula is C11H13BrFNO. The van der Waals surface area contributed by atoms with E-state index >= 15 is 0 Å². The molecule has 0 bridgehead atoms. The second kappa shape index (κ2) is 4.60. The highest BCUT2D eigenvalue weighted by Crippen LogP contribution is 2.23. The molecule has 4 heteroatoms. The van der Waals surface area contributed by atoms with Gasteiger partial charge in [-0.25, -0.2) is 4.39 Å². The third-order valence-corrected chi connectivity index (χ3v) is 3.00. The average molecular weight is 274 g/mol. The summed E-state index contributed by atoms with van der Waals surface area (Å²) >= 11 is 3.25. The molecule has 1 fully saturated rings. The van der Waals surface area contributed by atoms with Crippen LogP contribution in [-0.4, -0.2) is 12.1 Å². The Morgan fingerprint density at radius 3 is 2.73 bits per heavy atom. The number of rotatable bonds is 3. The van der Waals surface area contributed by atoms with Crippen molar-refractivity contribution in [2.24, 2.45) is 5.73 Å². The van der Waals surface area contributed by atoms with Gasteiger partial charge in [-0.3, -0.25) is 0 Å². The molecule has 0 aliphatic heterocycles. The minimum atomic E-state index is -0.242. The molecule has 1 aromatic rings. The Kier molecular flexibility index (Phi) is 3.38. The van der Waals surface area contributed by atoms with Crippen molar-refractivity contribution in [3.05, 3.63) is 34.1 Å². The van der Waals surface area contributed by atoms with Crippen molar-refractivity contribution in [3.63, 3.8) is 0 Å². The summed E-state index contributed by atoms with van der Waals surface area (Å²) < 4.78 is 19.3. The Hall–Kier alpha value is -0.450. The van der Waals surface area contributed by atoms with Crippen LogP contribution in [0.25, 0.3) is 0 Å². The zero-order valence-corrected chi connectivity index (χ0v) is 9.84. The van der Waals surface area contributed by atoms with E-state index in [2.05, 4.69) is 15.9 Å². The molecule has 0 aromatic heterocycles. The number of halogens is 2. The van der Waals surface area contributed by atoms with E-state index in [0.29, 0.717) is 6.61 Å². The molecule has 2 N–H and O–H groups in total. The quantitative estimate of drug-likeness (QED) is 0.919. The fourth-order valence-electron chi connectivity index (χ4n) is 1.65. The van der Waals surface area contributed by atoms with Crippen LogP contribution in [0.4, 0.5) is 4.39 Å². The number of benzene rings is 1. The molecule has 0 unspecified atom stereocenters. The van der Waals surface area contributed by atoms with E-state index < -0.39 is 0 Å². The van der Waals surface area contributed by atoms with Crippen molar-refractivity contribution >= 4 is 15.9 Å². The third kappa shape index (κ3) is 3.00. The van der Waals surface area contributed by atoms with Gasteiger partial charge < -0.3 is 10.5 Å². The van der Waals surface area contributed by atoms with E-state index in [4.69, 9.17) is 10.5 Å². The van der Waals surface area contributed by atoms with Crippen LogP contribution in [0.3, 0.4) is 0 Å². The molecule has 0 amide bonds. The van der Waals surface area contributed by atoms with Crippen molar-refractivity contribution in [1.82, 2.24) is 0 Å². The molecule has 1 saturated carbocycles. The lowest BCUT2D eigenvalue weighted by molar-refractivity contribution is -0.0189. The van der Waals surface area contributed by atoms with Crippen molar-refractivity contribution < 1.29 is 9.13 Å². The summed E-state index contributed by atoms with van der Waals surface area (Å²) in [5.41, 5.74) is 6.49. The number of nitrogens with two attached hydrogens (primary N) is 1. The van der Waals surface area contributed by atoms with Gasteiger partial charge in [0.05, 0.1) is 12.7 Å². The summed E-state index contributed by atoms with van der Waals surface area (Å²) in [6, 6.07) is 5.07. The van der Waals surface area contributed by atoms with Gasteiger partial charge in [0.1, 0.15) is 5.82 Å². The Balaban J connectivity index is 1.88. The van der Waals surface area contributed by atoms with E-state index in [1.807, 2.05) is 6.07 Å². The van der Waals surface area contributed by atoms with Gasteiger partial charge in [-0.1, -0.05) is 15.9 Å². The lowest BCUT2D eigenvalue weighted by atomic mass is 9.90. The number of hydrogen-bond donors (Lipinski definition) is 1. The minimum absolute atomic E-state index is 0.242. The summed E-state index contributed by atoms with van der Waals surface area (Å²) in [7, 11) is 0. The molecule has 1 aliphatic carbocycles. The fourth-order valence-corrected chi connectivity index (χ4v) is 2.16. The first-order valence-electron chi connectivity index (χ1n) is 4.95. The molecule has 0 radical (unpaired) electrons. The Morgan fingerprint density at radius 1 is 1.40 bits per heavy atom. The van der Waals surface area contributed by atoms with Crippen LogP contribution in [0, 0.1) is 5.82 Å². The van der Waals surface area contributed by atoms with Gasteiger partial charge in [0, 0.05) is 10.5 Å². The zero-order valence-electron chi connectivity index (χ0n) is 8.25. The third-order valence-electron chi connectivity index (χ3n) is 2.54. The first-order chi connectivity index (χ1) is 7.13. The second-order valence-corrected chi connectivity index (χ2v) is 4.86. The van der Waals surface area contributed by atoms with Crippen molar-refractivity contribution in [2.75, 3.05) is 0 Å². The minimum Gasteiger partial charge on any atom is -0.373 e. The summed E-state index contributed by atoms with van der Waals surface area (Å²) in [5, 5.41) is 0. The maximum absolute atomic E-state index is 13.0. The first-order valence-corrected chi connectivity index (χ1v) is 5.75. The smallest absolute Gasteiger partial charge is 0.124 e. The number of ether oxygens (including phenoxy) is 1. The molecule has 0 heterocycles. The lowest BCUT2D eigenvalue weighted by Gasteiger charge is -2.32. The first kappa shape index (κ1) is 11.0. The van der Waals surface area contributed by atoms with Gasteiger partial charge in [0.15, 0.2) is 0 Å². The molecule has 2 nitrogen and oxygen atoms in total. The lowest BCUT2D eigenvalue weighted by Crippen LogP contribution is -2.41. The topological polar surface area (TPSA) is 35.2 Å². The molecule has 0 spiro atoms. The van der Waals surface area contributed by atoms with Crippen molar-refractivity contribution in [2.45, 2.75) is 31.6 Å². The van der Waals surface area contributed by atoms with Gasteiger partial charge in [-0.2, -0.15) is 0 Å². The van der Waals surface area contributed by atoms with E-state index in [1.165, 1.54) is 12.1 Å². The number of hydrogen-bond acceptors (Lipinski definition) is 2. The molecule has 82 valence electrons. The SMILES string of the molecule is NC1CC(OCc2cc(F)cc(Br)c2)C1. The van der Waals surface area contributed by atoms with Gasteiger partial charge in [-0.05, 0) is 36.6 Å². The predicted molar refractivity (Wildman–Crippen MR) is 59.9 cm³/mol. The molecule has 0 saturated heterocycles. The van der Waals surface area contributed by atoms with Gasteiger partial charge in [0.25, 0.3) is 0 Å². The van der Waals surface area contributed by atoms with Crippen LogP contribution in [-0.2, 0) is 11.3 Å². The largest absolute Gasteiger partial charge is 0.373 e. The highest BCUT2D eigenvalue weighted by atomic mass is 79.9. The molecular weight excluding hydrogens is 261 g/mol. The predicted octanol–water partition coefficient (Wildman–Crippen LogP) is 2.59. The van der Waals surface area contributed by atoms with Gasteiger partial charge >= 0.3 is 0 Å². The fraction of sp³-hybridized carbons (Fsp3) is 0.455. The molecule has 1 aliphatic rings. The summed E-state index contributed by atoms with van der Waals surface area (Å²) in [4.78, 5) is 0. The Morgan fingerprint density at radius 2 is 2.13 bits per heavy atom. The van der Waals surface area contributed by atoms with E-state index in [9.17, 15) is 4.39 Å². The van der Waals surface area contributed by atoms with E-state index in [-0.39, 0.29) is 18.0 Å². The average Bonchev–Trinajstić information content (AvgIpc) is 2.09. The van der Waals surface area contributed by atoms with Crippen LogP contribution in [0.5, 0.6) is 0 Å². The monoisotopic (exact) mass is 273 g/mol. The van der Waals surface area contributed by atoms with E-state index in [1.54, 1.807) is 0 Å². The highest BCUT2D eigenvalue weighted by Gasteiger charge is 2.26. The van der Waals surface area contributed by atoms with Crippen molar-refractivity contribution in [3.8, 4) is 0 Å². The van der Waals surface area contributed by atoms with Crippen LogP contribution >= 0.6 is 15.9 Å². The normalized spacial score (nSPS) is 25.0. The molecule has 2 rings (SSSR count). The van der Waals surface area contributed by atoms with Crippen LogP contribution in [0.1, 0.15) is 18.4 Å². The van der Waals surface area contributed by atoms with Crippen LogP contribution in [0.2, 0.25) is 0 Å². The zero-order chi connectivity index (χ0) is 10.8. The maximum atomic E-state index is 13.0. The maximum Gasteiger partial charge on any atom is 0.124 e. The Bertz CT molecular complexity index is 332. The van der Waals surface area contributed by atoms with Crippen LogP contribution in [0.15, 0.2) is 22.7 Å².